The van der Waals surface area contributed by atoms with Crippen LogP contribution in [0.2, 0.25) is 0 Å². The van der Waals surface area contributed by atoms with E-state index in [9.17, 15) is 13.2 Å². The number of hydrogen-bond donors (Lipinski definition) is 0. The van der Waals surface area contributed by atoms with Gasteiger partial charge in [-0.25, -0.2) is 0 Å². The Bertz CT molecular complexity index is 638. The van der Waals surface area contributed by atoms with Crippen molar-refractivity contribution in [3.63, 3.8) is 0 Å². The van der Waals surface area contributed by atoms with Crippen molar-refractivity contribution < 1.29 is 12.7 Å². The van der Waals surface area contributed by atoms with Gasteiger partial charge in [-0.2, -0.15) is 8.42 Å². The molecule has 0 aliphatic carbocycles. The summed E-state index contributed by atoms with van der Waals surface area (Å²) in [6, 6.07) is 3.14. The molecule has 0 amide bonds. The largest absolute Gasteiger partial charge is 0.324 e. The highest BCUT2D eigenvalue weighted by Gasteiger charge is 2.23. The standard InChI is InChI=1S/C14H23NO4S/c1-10-7-12(9-11(2)14(3,4)5)15(13(16)8-10)19-20(6,17)18/h7-8,11H,9H2,1-6H3. The molecule has 1 unspecified atom stereocenters. The molecular formula is C14H23NO4S. The first-order chi connectivity index (χ1) is 8.90. The minimum absolute atomic E-state index is 0.0513. The van der Waals surface area contributed by atoms with Crippen LogP contribution in [0.5, 0.6) is 0 Å². The Kier molecular flexibility index (Phi) is 4.69. The van der Waals surface area contributed by atoms with Gasteiger partial charge in [-0.3, -0.25) is 9.08 Å². The lowest BCUT2D eigenvalue weighted by atomic mass is 9.79. The number of pyridine rings is 1. The van der Waals surface area contributed by atoms with E-state index in [4.69, 9.17) is 4.28 Å². The number of hydrogen-bond acceptors (Lipinski definition) is 4. The average Bonchev–Trinajstić information content (AvgIpc) is 2.20. The summed E-state index contributed by atoms with van der Waals surface area (Å²) in [4.78, 5) is 11.9. The summed E-state index contributed by atoms with van der Waals surface area (Å²) in [7, 11) is -3.74. The highest BCUT2D eigenvalue weighted by atomic mass is 32.2. The van der Waals surface area contributed by atoms with Gasteiger partial charge in [0.05, 0.1) is 11.9 Å². The molecular weight excluding hydrogens is 278 g/mol. The predicted octanol–water partition coefficient (Wildman–Crippen LogP) is 1.77. The molecule has 0 aromatic carbocycles. The fourth-order valence-electron chi connectivity index (χ4n) is 1.74. The van der Waals surface area contributed by atoms with Gasteiger partial charge in [0.25, 0.3) is 5.56 Å². The van der Waals surface area contributed by atoms with Gasteiger partial charge in [0.2, 0.25) is 0 Å². The molecule has 114 valence electrons. The topological polar surface area (TPSA) is 65.4 Å². The Hall–Kier alpha value is -1.30. The maximum atomic E-state index is 11.9. The lowest BCUT2D eigenvalue weighted by molar-refractivity contribution is 0.223. The van der Waals surface area contributed by atoms with Gasteiger partial charge in [0, 0.05) is 6.07 Å². The Morgan fingerprint density at radius 2 is 1.85 bits per heavy atom. The molecule has 1 atom stereocenters. The third-order valence-electron chi connectivity index (χ3n) is 3.41. The molecule has 0 N–H and O–H groups in total. The zero-order valence-corrected chi connectivity index (χ0v) is 13.7. The van der Waals surface area contributed by atoms with Crippen molar-refractivity contribution in [1.82, 2.24) is 4.73 Å². The molecule has 0 bridgehead atoms. The first-order valence-corrected chi connectivity index (χ1v) is 8.34. The molecule has 1 aromatic heterocycles. The maximum absolute atomic E-state index is 11.9. The van der Waals surface area contributed by atoms with Gasteiger partial charge in [0.1, 0.15) is 0 Å². The summed E-state index contributed by atoms with van der Waals surface area (Å²) >= 11 is 0. The average molecular weight is 301 g/mol. The maximum Gasteiger partial charge on any atom is 0.324 e. The fraction of sp³-hybridized carbons (Fsp3) is 0.643. The monoisotopic (exact) mass is 301 g/mol. The molecule has 1 rings (SSSR count). The Morgan fingerprint density at radius 3 is 2.30 bits per heavy atom. The van der Waals surface area contributed by atoms with Crippen LogP contribution in [-0.2, 0) is 16.5 Å². The van der Waals surface area contributed by atoms with Crippen molar-refractivity contribution in [3.05, 3.63) is 33.7 Å². The van der Waals surface area contributed by atoms with Crippen LogP contribution < -0.4 is 9.84 Å². The molecule has 1 aromatic rings. The minimum atomic E-state index is -3.74. The molecule has 0 aliphatic rings. The highest BCUT2D eigenvalue weighted by molar-refractivity contribution is 7.86. The Morgan fingerprint density at radius 1 is 1.30 bits per heavy atom. The van der Waals surface area contributed by atoms with Crippen LogP contribution >= 0.6 is 0 Å². The normalized spacial score (nSPS) is 14.1. The van der Waals surface area contributed by atoms with Gasteiger partial charge >= 0.3 is 10.1 Å². The molecule has 20 heavy (non-hydrogen) atoms. The second-order valence-corrected chi connectivity index (χ2v) is 7.96. The van der Waals surface area contributed by atoms with Crippen molar-refractivity contribution in [3.8, 4) is 0 Å². The molecule has 0 aliphatic heterocycles. The van der Waals surface area contributed by atoms with Crippen molar-refractivity contribution >= 4 is 10.1 Å². The number of rotatable bonds is 4. The van der Waals surface area contributed by atoms with Gasteiger partial charge < -0.3 is 0 Å². The van der Waals surface area contributed by atoms with Crippen molar-refractivity contribution in [2.75, 3.05) is 6.26 Å². The summed E-state index contributed by atoms with van der Waals surface area (Å²) in [6.07, 6.45) is 1.49. The third-order valence-corrected chi connectivity index (χ3v) is 3.83. The molecule has 0 spiro atoms. The van der Waals surface area contributed by atoms with Crippen LogP contribution in [0.25, 0.3) is 0 Å². The number of nitrogens with zero attached hydrogens (tertiary/aromatic N) is 1. The molecule has 6 heteroatoms. The SMILES string of the molecule is Cc1cc(CC(C)C(C)(C)C)n(OS(C)(=O)=O)c(=O)c1. The molecule has 5 nitrogen and oxygen atoms in total. The van der Waals surface area contributed by atoms with Crippen LogP contribution in [0, 0.1) is 18.3 Å². The first-order valence-electron chi connectivity index (χ1n) is 6.52. The molecule has 0 fully saturated rings. The van der Waals surface area contributed by atoms with E-state index < -0.39 is 15.7 Å². The van der Waals surface area contributed by atoms with Crippen LogP contribution in [0.15, 0.2) is 16.9 Å². The van der Waals surface area contributed by atoms with Gasteiger partial charge in [-0.15, -0.1) is 4.73 Å². The van der Waals surface area contributed by atoms with Gasteiger partial charge in [-0.1, -0.05) is 27.7 Å². The quantitative estimate of drug-likeness (QED) is 0.850. The van der Waals surface area contributed by atoms with E-state index in [2.05, 4.69) is 27.7 Å². The fourth-order valence-corrected chi connectivity index (χ4v) is 2.18. The van der Waals surface area contributed by atoms with E-state index in [0.717, 1.165) is 16.5 Å². The Balaban J connectivity index is 3.27. The summed E-state index contributed by atoms with van der Waals surface area (Å²) < 4.78 is 28.3. The van der Waals surface area contributed by atoms with Crippen molar-refractivity contribution in [1.29, 1.82) is 0 Å². The van der Waals surface area contributed by atoms with Gasteiger partial charge in [0.15, 0.2) is 0 Å². The van der Waals surface area contributed by atoms with Crippen molar-refractivity contribution in [2.24, 2.45) is 11.3 Å². The zero-order chi connectivity index (χ0) is 15.7. The molecule has 1 heterocycles. The third kappa shape index (κ3) is 4.67. The molecule has 0 saturated heterocycles. The van der Waals surface area contributed by atoms with E-state index in [1.54, 1.807) is 13.0 Å². The second kappa shape index (κ2) is 5.60. The van der Waals surface area contributed by atoms with Crippen LogP contribution in [-0.4, -0.2) is 19.4 Å². The summed E-state index contributed by atoms with van der Waals surface area (Å²) in [5, 5.41) is 0. The minimum Gasteiger partial charge on any atom is -0.284 e. The lowest BCUT2D eigenvalue weighted by Crippen LogP contribution is -2.34. The van der Waals surface area contributed by atoms with E-state index in [-0.39, 0.29) is 11.3 Å². The second-order valence-electron chi connectivity index (χ2n) is 6.41. The van der Waals surface area contributed by atoms with E-state index in [0.29, 0.717) is 12.1 Å². The molecule has 0 saturated carbocycles. The van der Waals surface area contributed by atoms with E-state index in [1.807, 2.05) is 0 Å². The van der Waals surface area contributed by atoms with E-state index in [1.165, 1.54) is 6.07 Å². The number of aryl methyl sites for hydroxylation is 1. The van der Waals surface area contributed by atoms with E-state index >= 15 is 0 Å². The van der Waals surface area contributed by atoms with Crippen molar-refractivity contribution in [2.45, 2.75) is 41.0 Å². The predicted molar refractivity (Wildman–Crippen MR) is 79.2 cm³/mol. The Labute approximate surface area is 120 Å². The van der Waals surface area contributed by atoms with Crippen LogP contribution in [0.3, 0.4) is 0 Å². The lowest BCUT2D eigenvalue weighted by Gasteiger charge is -2.27. The van der Waals surface area contributed by atoms with Gasteiger partial charge in [-0.05, 0) is 36.3 Å². The smallest absolute Gasteiger partial charge is 0.284 e. The van der Waals surface area contributed by atoms with Crippen LogP contribution in [0.1, 0.15) is 39.0 Å². The van der Waals surface area contributed by atoms with Crippen LogP contribution in [0.4, 0.5) is 0 Å². The zero-order valence-electron chi connectivity index (χ0n) is 12.9. The summed E-state index contributed by atoms with van der Waals surface area (Å²) in [5.74, 6) is 0.262. The molecule has 0 radical (unpaired) electrons. The summed E-state index contributed by atoms with van der Waals surface area (Å²) in [5.41, 5.74) is 0.948. The highest BCUT2D eigenvalue weighted by Crippen LogP contribution is 2.28. The number of aromatic nitrogens is 1. The first kappa shape index (κ1) is 16.8. The summed E-state index contributed by atoms with van der Waals surface area (Å²) in [6.45, 7) is 10.2.